The first-order chi connectivity index (χ1) is 17.0. The van der Waals surface area contributed by atoms with E-state index in [0.29, 0.717) is 33.1 Å². The third-order valence-corrected chi connectivity index (χ3v) is 7.05. The van der Waals surface area contributed by atoms with Crippen LogP contribution < -0.4 is 5.32 Å². The molecule has 0 aliphatic heterocycles. The van der Waals surface area contributed by atoms with Crippen LogP contribution in [-0.2, 0) is 6.42 Å². The number of furan rings is 1. The predicted octanol–water partition coefficient (Wildman–Crippen LogP) is 7.53. The topological polar surface area (TPSA) is 78.9 Å². The standard InChI is InChI=1S/C29H23N3O2S/c1-4-19-10-12-20(13-11-19)27-18(3)35-29(23(27)16-30)32-28(33)22-15-25(26-14-9-17(2)34-26)31-24-8-6-5-7-21(22)24/h5-15H,4H2,1-3H3,(H,32,33). The third-order valence-electron chi connectivity index (χ3n) is 6.03. The maximum Gasteiger partial charge on any atom is 0.257 e. The summed E-state index contributed by atoms with van der Waals surface area (Å²) in [5.74, 6) is 1.08. The summed E-state index contributed by atoms with van der Waals surface area (Å²) in [6.45, 7) is 5.96. The molecule has 5 rings (SSSR count). The molecule has 0 saturated carbocycles. The van der Waals surface area contributed by atoms with Crippen molar-refractivity contribution >= 4 is 33.1 Å². The van der Waals surface area contributed by atoms with Crippen molar-refractivity contribution in [1.29, 1.82) is 5.26 Å². The zero-order valence-electron chi connectivity index (χ0n) is 19.7. The van der Waals surface area contributed by atoms with Crippen LogP contribution in [0.4, 0.5) is 5.00 Å². The molecule has 0 spiro atoms. The first-order valence-electron chi connectivity index (χ1n) is 11.4. The molecule has 0 bridgehead atoms. The summed E-state index contributed by atoms with van der Waals surface area (Å²) in [6.07, 6.45) is 0.953. The van der Waals surface area contributed by atoms with Crippen LogP contribution in [-0.4, -0.2) is 10.9 Å². The number of aryl methyl sites for hydroxylation is 3. The van der Waals surface area contributed by atoms with Gasteiger partial charge in [0.15, 0.2) is 5.76 Å². The second-order valence-electron chi connectivity index (χ2n) is 8.34. The lowest BCUT2D eigenvalue weighted by atomic mass is 10.00. The molecule has 1 amide bonds. The predicted molar refractivity (Wildman–Crippen MR) is 141 cm³/mol. The van der Waals surface area contributed by atoms with Gasteiger partial charge in [-0.1, -0.05) is 49.4 Å². The van der Waals surface area contributed by atoms with E-state index in [9.17, 15) is 10.1 Å². The molecule has 35 heavy (non-hydrogen) atoms. The van der Waals surface area contributed by atoms with Crippen LogP contribution in [0.25, 0.3) is 33.5 Å². The quantitative estimate of drug-likeness (QED) is 0.284. The molecule has 0 aliphatic carbocycles. The maximum atomic E-state index is 13.6. The number of hydrogen-bond acceptors (Lipinski definition) is 5. The van der Waals surface area contributed by atoms with Gasteiger partial charge in [0.05, 0.1) is 16.6 Å². The Bertz CT molecular complexity index is 1600. The molecule has 5 nitrogen and oxygen atoms in total. The Hall–Kier alpha value is -4.21. The Balaban J connectivity index is 1.56. The van der Waals surface area contributed by atoms with Crippen molar-refractivity contribution in [2.24, 2.45) is 0 Å². The molecule has 0 unspecified atom stereocenters. The fraction of sp³-hybridized carbons (Fsp3) is 0.138. The SMILES string of the molecule is CCc1ccc(-c2c(C)sc(NC(=O)c3cc(-c4ccc(C)o4)nc4ccccc34)c2C#N)cc1. The Morgan fingerprint density at radius 2 is 1.86 bits per heavy atom. The first kappa shape index (κ1) is 22.6. The van der Waals surface area contributed by atoms with Crippen LogP contribution in [0.2, 0.25) is 0 Å². The summed E-state index contributed by atoms with van der Waals surface area (Å²) in [4.78, 5) is 19.2. The minimum absolute atomic E-state index is 0.293. The molecule has 2 aromatic carbocycles. The van der Waals surface area contributed by atoms with Crippen molar-refractivity contribution < 1.29 is 9.21 Å². The monoisotopic (exact) mass is 477 g/mol. The second-order valence-corrected chi connectivity index (χ2v) is 9.56. The van der Waals surface area contributed by atoms with E-state index in [1.807, 2.05) is 62.4 Å². The van der Waals surface area contributed by atoms with Gasteiger partial charge in [-0.05, 0) is 55.7 Å². The number of rotatable bonds is 5. The largest absolute Gasteiger partial charge is 0.460 e. The van der Waals surface area contributed by atoms with E-state index >= 15 is 0 Å². The maximum absolute atomic E-state index is 13.6. The van der Waals surface area contributed by atoms with Gasteiger partial charge in [0.1, 0.15) is 22.5 Å². The summed E-state index contributed by atoms with van der Waals surface area (Å²) >= 11 is 1.41. The Kier molecular flexibility index (Phi) is 5.94. The molecular formula is C29H23N3O2S. The average Bonchev–Trinajstić information content (AvgIpc) is 3.45. The number of aromatic nitrogens is 1. The van der Waals surface area contributed by atoms with E-state index in [1.54, 1.807) is 6.07 Å². The molecule has 172 valence electrons. The average molecular weight is 478 g/mol. The summed E-state index contributed by atoms with van der Waals surface area (Å²) in [5.41, 5.74) is 5.31. The Morgan fingerprint density at radius 3 is 2.54 bits per heavy atom. The minimum atomic E-state index is -0.293. The number of thiophene rings is 1. The van der Waals surface area contributed by atoms with E-state index in [0.717, 1.165) is 33.6 Å². The number of anilines is 1. The number of carbonyl (C=O) groups is 1. The van der Waals surface area contributed by atoms with Crippen molar-refractivity contribution in [2.45, 2.75) is 27.2 Å². The van der Waals surface area contributed by atoms with E-state index in [2.05, 4.69) is 30.4 Å². The number of benzene rings is 2. The Morgan fingerprint density at radius 1 is 1.09 bits per heavy atom. The van der Waals surface area contributed by atoms with Gasteiger partial charge in [0.2, 0.25) is 0 Å². The summed E-state index contributed by atoms with van der Waals surface area (Å²) in [6, 6.07) is 23.5. The summed E-state index contributed by atoms with van der Waals surface area (Å²) in [5, 5.41) is 14.3. The number of pyridine rings is 1. The number of nitriles is 1. The van der Waals surface area contributed by atoms with Crippen LogP contribution in [0.3, 0.4) is 0 Å². The number of carbonyl (C=O) groups excluding carboxylic acids is 1. The van der Waals surface area contributed by atoms with E-state index in [1.165, 1.54) is 16.9 Å². The lowest BCUT2D eigenvalue weighted by molar-refractivity contribution is 0.102. The summed E-state index contributed by atoms with van der Waals surface area (Å²) in [7, 11) is 0. The molecule has 0 radical (unpaired) electrons. The van der Waals surface area contributed by atoms with Crippen LogP contribution in [0.15, 0.2) is 71.1 Å². The van der Waals surface area contributed by atoms with Crippen molar-refractivity contribution in [3.8, 4) is 28.7 Å². The zero-order chi connectivity index (χ0) is 24.5. The highest BCUT2D eigenvalue weighted by Crippen LogP contribution is 2.40. The van der Waals surface area contributed by atoms with Crippen molar-refractivity contribution in [2.75, 3.05) is 5.32 Å². The van der Waals surface area contributed by atoms with Crippen LogP contribution in [0, 0.1) is 25.2 Å². The van der Waals surface area contributed by atoms with Gasteiger partial charge in [-0.15, -0.1) is 11.3 Å². The molecule has 3 aromatic heterocycles. The number of amides is 1. The molecule has 6 heteroatoms. The normalized spacial score (nSPS) is 10.9. The zero-order valence-corrected chi connectivity index (χ0v) is 20.5. The van der Waals surface area contributed by atoms with Crippen LogP contribution in [0.1, 0.15) is 39.0 Å². The smallest absolute Gasteiger partial charge is 0.257 e. The fourth-order valence-electron chi connectivity index (χ4n) is 4.23. The van der Waals surface area contributed by atoms with Gasteiger partial charge in [0.25, 0.3) is 5.91 Å². The lowest BCUT2D eigenvalue weighted by Crippen LogP contribution is -2.13. The molecule has 5 aromatic rings. The van der Waals surface area contributed by atoms with Crippen molar-refractivity contribution in [3.05, 3.63) is 94.1 Å². The number of fused-ring (bicyclic) bond motifs is 1. The van der Waals surface area contributed by atoms with Crippen molar-refractivity contribution in [1.82, 2.24) is 4.98 Å². The highest BCUT2D eigenvalue weighted by molar-refractivity contribution is 7.17. The van der Waals surface area contributed by atoms with Gasteiger partial charge < -0.3 is 9.73 Å². The fourth-order valence-corrected chi connectivity index (χ4v) is 5.25. The number of para-hydroxylation sites is 1. The number of nitrogens with one attached hydrogen (secondary N) is 1. The van der Waals surface area contributed by atoms with Crippen LogP contribution >= 0.6 is 11.3 Å². The summed E-state index contributed by atoms with van der Waals surface area (Å²) < 4.78 is 5.76. The first-order valence-corrected chi connectivity index (χ1v) is 12.2. The van der Waals surface area contributed by atoms with E-state index in [4.69, 9.17) is 9.40 Å². The van der Waals surface area contributed by atoms with Gasteiger partial charge in [-0.25, -0.2) is 4.98 Å². The van der Waals surface area contributed by atoms with E-state index in [-0.39, 0.29) is 5.91 Å². The molecule has 3 heterocycles. The molecule has 0 aliphatic rings. The van der Waals surface area contributed by atoms with Crippen molar-refractivity contribution in [3.63, 3.8) is 0 Å². The minimum Gasteiger partial charge on any atom is -0.460 e. The Labute approximate surface area is 207 Å². The second kappa shape index (κ2) is 9.21. The molecule has 0 atom stereocenters. The third kappa shape index (κ3) is 4.23. The molecule has 0 fully saturated rings. The highest BCUT2D eigenvalue weighted by atomic mass is 32.1. The van der Waals surface area contributed by atoms with Crippen LogP contribution in [0.5, 0.6) is 0 Å². The lowest BCUT2D eigenvalue weighted by Gasteiger charge is -2.09. The highest BCUT2D eigenvalue weighted by Gasteiger charge is 2.21. The molecule has 0 saturated heterocycles. The van der Waals surface area contributed by atoms with Gasteiger partial charge in [-0.2, -0.15) is 5.26 Å². The number of nitrogens with zero attached hydrogens (tertiary/aromatic N) is 2. The van der Waals surface area contributed by atoms with E-state index < -0.39 is 0 Å². The molecule has 1 N–H and O–H groups in total. The van der Waals surface area contributed by atoms with Gasteiger partial charge in [-0.3, -0.25) is 4.79 Å². The molecular weight excluding hydrogens is 454 g/mol. The van der Waals surface area contributed by atoms with Gasteiger partial charge >= 0.3 is 0 Å². The number of hydrogen-bond donors (Lipinski definition) is 1. The van der Waals surface area contributed by atoms with Gasteiger partial charge in [0, 0.05) is 15.8 Å².